The number of alkyl halides is 3. The molecule has 0 atom stereocenters. The van der Waals surface area contributed by atoms with E-state index in [1.54, 1.807) is 43.3 Å². The summed E-state index contributed by atoms with van der Waals surface area (Å²) in [5.41, 5.74) is 3.34. The number of rotatable bonds is 8. The maximum atomic E-state index is 15.5. The highest BCUT2D eigenvalue weighted by molar-refractivity contribution is 6.38. The highest BCUT2D eigenvalue weighted by atomic mass is 19.4. The zero-order chi connectivity index (χ0) is 31.6. The van der Waals surface area contributed by atoms with E-state index in [0.29, 0.717) is 27.2 Å². The third-order valence-electron chi connectivity index (χ3n) is 6.47. The van der Waals surface area contributed by atoms with Crippen molar-refractivity contribution < 1.29 is 36.3 Å². The van der Waals surface area contributed by atoms with Gasteiger partial charge in [0.2, 0.25) is 0 Å². The SMILES string of the molecule is COc1cccc(N2C(=O)/C(=C(\CN(C)C)Nc3ccc(N)cc3)C(=N)N(Cc3c(F)cccc3C(F)(F)F)C2=O)c1F. The van der Waals surface area contributed by atoms with Crippen molar-refractivity contribution in [2.45, 2.75) is 12.7 Å². The lowest BCUT2D eigenvalue weighted by Gasteiger charge is -2.37. The lowest BCUT2D eigenvalue weighted by atomic mass is 10.0. The quantitative estimate of drug-likeness (QED) is 0.180. The van der Waals surface area contributed by atoms with Crippen LogP contribution in [-0.2, 0) is 17.5 Å². The molecule has 0 saturated carbocycles. The Morgan fingerprint density at radius 2 is 1.67 bits per heavy atom. The van der Waals surface area contributed by atoms with E-state index in [1.165, 1.54) is 12.1 Å². The van der Waals surface area contributed by atoms with E-state index in [1.807, 2.05) is 0 Å². The first-order valence-electron chi connectivity index (χ1n) is 12.7. The summed E-state index contributed by atoms with van der Waals surface area (Å²) in [6.45, 7) is -1.12. The van der Waals surface area contributed by atoms with Gasteiger partial charge in [-0.05, 0) is 62.6 Å². The number of nitrogens with one attached hydrogen (secondary N) is 2. The number of halogens is 5. The zero-order valence-electron chi connectivity index (χ0n) is 23.2. The van der Waals surface area contributed by atoms with E-state index < -0.39 is 64.5 Å². The molecular formula is C29H27F5N6O3. The molecule has 226 valence electrons. The van der Waals surface area contributed by atoms with E-state index in [9.17, 15) is 27.2 Å². The molecule has 1 saturated heterocycles. The monoisotopic (exact) mass is 602 g/mol. The molecule has 1 heterocycles. The number of nitrogens with zero attached hydrogens (tertiary/aromatic N) is 3. The summed E-state index contributed by atoms with van der Waals surface area (Å²) in [5.74, 6) is -4.67. The summed E-state index contributed by atoms with van der Waals surface area (Å²) in [5, 5.41) is 11.9. The molecular weight excluding hydrogens is 575 g/mol. The van der Waals surface area contributed by atoms with Crippen molar-refractivity contribution in [2.75, 3.05) is 43.7 Å². The highest BCUT2D eigenvalue weighted by Gasteiger charge is 2.45. The average Bonchev–Trinajstić information content (AvgIpc) is 2.93. The molecule has 0 spiro atoms. The molecule has 0 aromatic heterocycles. The van der Waals surface area contributed by atoms with Crippen molar-refractivity contribution in [1.82, 2.24) is 9.80 Å². The van der Waals surface area contributed by atoms with Crippen molar-refractivity contribution >= 4 is 34.8 Å². The summed E-state index contributed by atoms with van der Waals surface area (Å²) in [6, 6.07) is 10.9. The van der Waals surface area contributed by atoms with Crippen molar-refractivity contribution in [3.8, 4) is 5.75 Å². The number of urea groups is 1. The number of hydrogen-bond donors (Lipinski definition) is 3. The Hall–Kier alpha value is -4.98. The number of carbonyl (C=O) groups excluding carboxylic acids is 2. The van der Waals surface area contributed by atoms with Crippen LogP contribution in [0.15, 0.2) is 71.9 Å². The lowest BCUT2D eigenvalue weighted by Crippen LogP contribution is -2.57. The summed E-state index contributed by atoms with van der Waals surface area (Å²) in [6.07, 6.45) is -5.00. The van der Waals surface area contributed by atoms with Gasteiger partial charge in [0.1, 0.15) is 17.2 Å². The summed E-state index contributed by atoms with van der Waals surface area (Å²) in [7, 11) is 4.47. The van der Waals surface area contributed by atoms with E-state index in [2.05, 4.69) is 5.32 Å². The Balaban J connectivity index is 1.95. The van der Waals surface area contributed by atoms with Crippen LogP contribution >= 0.6 is 0 Å². The van der Waals surface area contributed by atoms with Gasteiger partial charge >= 0.3 is 12.2 Å². The number of anilines is 3. The molecule has 3 amide bonds. The van der Waals surface area contributed by atoms with Gasteiger partial charge in [-0.1, -0.05) is 12.1 Å². The molecule has 0 radical (unpaired) electrons. The van der Waals surface area contributed by atoms with Crippen molar-refractivity contribution in [2.24, 2.45) is 0 Å². The predicted molar refractivity (Wildman–Crippen MR) is 151 cm³/mol. The Labute approximate surface area is 243 Å². The number of hydrogen-bond acceptors (Lipinski definition) is 7. The van der Waals surface area contributed by atoms with Crippen LogP contribution in [0.4, 0.5) is 43.8 Å². The second-order valence-corrected chi connectivity index (χ2v) is 9.75. The summed E-state index contributed by atoms with van der Waals surface area (Å²) >= 11 is 0. The van der Waals surface area contributed by atoms with Gasteiger partial charge in [0.25, 0.3) is 5.91 Å². The lowest BCUT2D eigenvalue weighted by molar-refractivity contribution is -0.138. The second kappa shape index (κ2) is 12.1. The van der Waals surface area contributed by atoms with E-state index in [-0.39, 0.29) is 18.0 Å². The van der Waals surface area contributed by atoms with Gasteiger partial charge in [-0.15, -0.1) is 0 Å². The van der Waals surface area contributed by atoms with Gasteiger partial charge in [-0.25, -0.2) is 18.5 Å². The van der Waals surface area contributed by atoms with Crippen LogP contribution in [0, 0.1) is 17.0 Å². The number of imide groups is 1. The number of nitrogen functional groups attached to an aromatic ring is 1. The van der Waals surface area contributed by atoms with Crippen LogP contribution in [0.25, 0.3) is 0 Å². The molecule has 0 aliphatic carbocycles. The third-order valence-corrected chi connectivity index (χ3v) is 6.47. The highest BCUT2D eigenvalue weighted by Crippen LogP contribution is 2.37. The van der Waals surface area contributed by atoms with Gasteiger partial charge in [0.15, 0.2) is 11.6 Å². The van der Waals surface area contributed by atoms with Gasteiger partial charge in [0.05, 0.1) is 24.9 Å². The molecule has 43 heavy (non-hydrogen) atoms. The average molecular weight is 603 g/mol. The third kappa shape index (κ3) is 6.28. The first-order valence-corrected chi connectivity index (χ1v) is 12.7. The van der Waals surface area contributed by atoms with Gasteiger partial charge in [0, 0.05) is 29.2 Å². The normalized spacial score (nSPS) is 15.3. The maximum absolute atomic E-state index is 15.5. The number of nitrogens with two attached hydrogens (primary N) is 1. The van der Waals surface area contributed by atoms with Gasteiger partial charge in [-0.3, -0.25) is 15.1 Å². The maximum Gasteiger partial charge on any atom is 0.416 e. The molecule has 14 heteroatoms. The Morgan fingerprint density at radius 3 is 2.28 bits per heavy atom. The van der Waals surface area contributed by atoms with Crippen molar-refractivity contribution in [3.05, 3.63) is 94.7 Å². The molecule has 0 bridgehead atoms. The first kappa shape index (κ1) is 31.0. The van der Waals surface area contributed by atoms with Crippen LogP contribution < -0.4 is 20.7 Å². The summed E-state index contributed by atoms with van der Waals surface area (Å²) in [4.78, 5) is 30.3. The first-order chi connectivity index (χ1) is 20.2. The van der Waals surface area contributed by atoms with Crippen LogP contribution in [0.1, 0.15) is 11.1 Å². The fraction of sp³-hybridized carbons (Fsp3) is 0.207. The van der Waals surface area contributed by atoms with Crippen LogP contribution in [0.2, 0.25) is 0 Å². The van der Waals surface area contributed by atoms with E-state index in [0.717, 1.165) is 25.3 Å². The number of amides is 3. The molecule has 3 aromatic rings. The van der Waals surface area contributed by atoms with Crippen molar-refractivity contribution in [3.63, 3.8) is 0 Å². The molecule has 1 aliphatic heterocycles. The molecule has 4 N–H and O–H groups in total. The van der Waals surface area contributed by atoms with E-state index >= 15 is 4.39 Å². The fourth-order valence-electron chi connectivity index (χ4n) is 4.49. The predicted octanol–water partition coefficient (Wildman–Crippen LogP) is 5.45. The number of benzene rings is 3. The largest absolute Gasteiger partial charge is 0.494 e. The molecule has 0 unspecified atom stereocenters. The minimum Gasteiger partial charge on any atom is -0.494 e. The fourth-order valence-corrected chi connectivity index (χ4v) is 4.49. The Bertz CT molecular complexity index is 1610. The molecule has 4 rings (SSSR count). The van der Waals surface area contributed by atoms with Crippen molar-refractivity contribution in [1.29, 1.82) is 5.41 Å². The van der Waals surface area contributed by atoms with Gasteiger partial charge < -0.3 is 20.7 Å². The van der Waals surface area contributed by atoms with Crippen LogP contribution in [0.3, 0.4) is 0 Å². The van der Waals surface area contributed by atoms with Crippen LogP contribution in [-0.4, -0.2) is 55.3 Å². The summed E-state index contributed by atoms with van der Waals surface area (Å²) < 4.78 is 76.9. The topological polar surface area (TPSA) is 115 Å². The van der Waals surface area contributed by atoms with Crippen LogP contribution in [0.5, 0.6) is 5.75 Å². The number of amidine groups is 1. The standard InChI is InChI=1S/C29H27F5N6O3/c1-38(2)15-21(37-17-12-10-16(35)11-13-17)24-26(36)39(14-18-19(29(32,33)34)6-4-7-20(18)30)28(42)40(27(24)41)22-8-5-9-23(43-3)25(22)31/h4-13,36-37H,14-15,35H2,1-3H3/b24-21+,36-26?. The molecule has 9 nitrogen and oxygen atoms in total. The smallest absolute Gasteiger partial charge is 0.416 e. The number of carbonyl (C=O) groups is 2. The van der Waals surface area contributed by atoms with E-state index in [4.69, 9.17) is 15.9 Å². The molecule has 1 fully saturated rings. The molecule has 1 aliphatic rings. The number of ether oxygens (including phenoxy) is 1. The molecule has 3 aromatic carbocycles. The minimum absolute atomic E-state index is 0.0300. The second-order valence-electron chi connectivity index (χ2n) is 9.75. The number of methoxy groups -OCH3 is 1. The Kier molecular flexibility index (Phi) is 8.71. The zero-order valence-corrected chi connectivity index (χ0v) is 23.2. The van der Waals surface area contributed by atoms with Gasteiger partial charge in [-0.2, -0.15) is 13.2 Å². The Morgan fingerprint density at radius 1 is 1.02 bits per heavy atom. The minimum atomic E-state index is -5.00. The number of likely N-dealkylation sites (N-methyl/N-ethyl adjacent to an activating group) is 1.